The maximum Gasteiger partial charge on any atom is 0.417 e. The standard InChI is InChI=1S/C20H32N2O8Si/c1-8-27-17(24)18(25)28-11-14-13(30-31(6,7)20(3,4)5)9-15(29-14)22-10-12(2)16(23)21-19(22)26/h10,13-15H,8-9,11H2,1-7H3,(H,21,23,26)/t13-,14+,15+/m0/s1. The van der Waals surface area contributed by atoms with Crippen molar-refractivity contribution in [2.24, 2.45) is 0 Å². The molecule has 0 radical (unpaired) electrons. The van der Waals surface area contributed by atoms with E-state index in [0.29, 0.717) is 12.0 Å². The number of carbonyl (C=O) groups is 2. The molecule has 1 aliphatic heterocycles. The van der Waals surface area contributed by atoms with Crippen molar-refractivity contribution < 1.29 is 28.2 Å². The zero-order valence-electron chi connectivity index (χ0n) is 19.1. The molecule has 1 saturated heterocycles. The molecule has 3 atom stereocenters. The molecule has 1 fully saturated rings. The molecule has 2 rings (SSSR count). The van der Waals surface area contributed by atoms with Gasteiger partial charge in [0.05, 0.1) is 12.7 Å². The maximum atomic E-state index is 12.3. The topological polar surface area (TPSA) is 126 Å². The minimum atomic E-state index is -2.22. The molecule has 1 N–H and O–H groups in total. The fourth-order valence-electron chi connectivity index (χ4n) is 2.91. The fraction of sp³-hybridized carbons (Fsp3) is 0.700. The number of esters is 2. The number of aryl methyl sites for hydroxylation is 1. The van der Waals surface area contributed by atoms with Crippen molar-refractivity contribution in [2.75, 3.05) is 13.2 Å². The summed E-state index contributed by atoms with van der Waals surface area (Å²) in [5, 5.41) is -0.0807. The largest absolute Gasteiger partial charge is 0.458 e. The van der Waals surface area contributed by atoms with Gasteiger partial charge in [0.2, 0.25) is 0 Å². The Balaban J connectivity index is 2.26. The summed E-state index contributed by atoms with van der Waals surface area (Å²) in [6.07, 6.45) is -0.136. The summed E-state index contributed by atoms with van der Waals surface area (Å²) in [4.78, 5) is 49.7. The quantitative estimate of drug-likeness (QED) is 0.389. The number of aromatic nitrogens is 2. The number of nitrogens with one attached hydrogen (secondary N) is 1. The van der Waals surface area contributed by atoms with Crippen molar-refractivity contribution in [3.63, 3.8) is 0 Å². The number of hydrogen-bond acceptors (Lipinski definition) is 8. The maximum absolute atomic E-state index is 12.3. The molecule has 0 saturated carbocycles. The third kappa shape index (κ3) is 5.92. The third-order valence-corrected chi connectivity index (χ3v) is 10.2. The summed E-state index contributed by atoms with van der Waals surface area (Å²) in [5.41, 5.74) is -0.702. The van der Waals surface area contributed by atoms with Gasteiger partial charge in [0.25, 0.3) is 5.56 Å². The first-order valence-corrected chi connectivity index (χ1v) is 13.2. The van der Waals surface area contributed by atoms with Crippen molar-refractivity contribution in [3.05, 3.63) is 32.6 Å². The number of nitrogens with zero attached hydrogens (tertiary/aromatic N) is 1. The zero-order valence-corrected chi connectivity index (χ0v) is 20.1. The average molecular weight is 457 g/mol. The Hall–Kier alpha value is -2.24. The number of ether oxygens (including phenoxy) is 3. The first-order chi connectivity index (χ1) is 14.3. The van der Waals surface area contributed by atoms with E-state index in [1.807, 2.05) is 0 Å². The van der Waals surface area contributed by atoms with Gasteiger partial charge < -0.3 is 18.6 Å². The smallest absolute Gasteiger partial charge is 0.417 e. The molecular formula is C20H32N2O8Si. The number of aromatic amines is 1. The van der Waals surface area contributed by atoms with Crippen LogP contribution in [0.2, 0.25) is 18.1 Å². The van der Waals surface area contributed by atoms with Crippen LogP contribution in [-0.4, -0.2) is 55.2 Å². The number of H-pyrrole nitrogens is 1. The van der Waals surface area contributed by atoms with E-state index in [9.17, 15) is 19.2 Å². The second kappa shape index (κ2) is 9.49. The van der Waals surface area contributed by atoms with Crippen LogP contribution in [0.1, 0.15) is 45.9 Å². The van der Waals surface area contributed by atoms with Crippen molar-refractivity contribution in [1.82, 2.24) is 9.55 Å². The van der Waals surface area contributed by atoms with Gasteiger partial charge in [-0.3, -0.25) is 14.3 Å². The summed E-state index contributed by atoms with van der Waals surface area (Å²) in [6, 6.07) is 0. The van der Waals surface area contributed by atoms with Crippen LogP contribution in [0.4, 0.5) is 0 Å². The van der Waals surface area contributed by atoms with Gasteiger partial charge in [0.15, 0.2) is 8.32 Å². The zero-order chi connectivity index (χ0) is 23.6. The molecule has 11 heteroatoms. The Morgan fingerprint density at radius 2 is 1.84 bits per heavy atom. The van der Waals surface area contributed by atoms with Crippen LogP contribution in [-0.2, 0) is 28.2 Å². The highest BCUT2D eigenvalue weighted by Crippen LogP contribution is 2.41. The minimum Gasteiger partial charge on any atom is -0.458 e. The van der Waals surface area contributed by atoms with Gasteiger partial charge in [-0.15, -0.1) is 0 Å². The molecule has 0 amide bonds. The Labute approximate surface area is 182 Å². The van der Waals surface area contributed by atoms with E-state index >= 15 is 0 Å². The Morgan fingerprint density at radius 1 is 1.23 bits per heavy atom. The normalized spacial score (nSPS) is 21.7. The van der Waals surface area contributed by atoms with E-state index in [-0.39, 0.29) is 18.3 Å². The van der Waals surface area contributed by atoms with E-state index in [1.165, 1.54) is 10.8 Å². The predicted molar refractivity (Wildman–Crippen MR) is 114 cm³/mol. The lowest BCUT2D eigenvalue weighted by Gasteiger charge is -2.39. The molecule has 0 unspecified atom stereocenters. The molecule has 0 aromatic carbocycles. The van der Waals surface area contributed by atoms with Crippen molar-refractivity contribution >= 4 is 20.3 Å². The Kier molecular flexibility index (Phi) is 7.66. The summed E-state index contributed by atoms with van der Waals surface area (Å²) in [5.74, 6) is -2.19. The minimum absolute atomic E-state index is 0.0571. The van der Waals surface area contributed by atoms with Crippen LogP contribution >= 0.6 is 0 Å². The molecule has 0 spiro atoms. The third-order valence-electron chi connectivity index (χ3n) is 5.71. The van der Waals surface area contributed by atoms with Crippen LogP contribution in [0.15, 0.2) is 15.8 Å². The predicted octanol–water partition coefficient (Wildman–Crippen LogP) is 1.63. The molecule has 174 valence electrons. The Morgan fingerprint density at radius 3 is 2.42 bits per heavy atom. The van der Waals surface area contributed by atoms with Gasteiger partial charge in [-0.2, -0.15) is 0 Å². The van der Waals surface area contributed by atoms with Gasteiger partial charge >= 0.3 is 17.6 Å². The van der Waals surface area contributed by atoms with Gasteiger partial charge in [0.1, 0.15) is 18.9 Å². The first-order valence-electron chi connectivity index (χ1n) is 10.3. The van der Waals surface area contributed by atoms with Crippen LogP contribution in [0.25, 0.3) is 0 Å². The molecule has 1 aromatic rings. The molecule has 31 heavy (non-hydrogen) atoms. The van der Waals surface area contributed by atoms with Crippen LogP contribution in [0.5, 0.6) is 0 Å². The highest BCUT2D eigenvalue weighted by Gasteiger charge is 2.45. The van der Waals surface area contributed by atoms with Crippen LogP contribution in [0.3, 0.4) is 0 Å². The highest BCUT2D eigenvalue weighted by atomic mass is 28.4. The van der Waals surface area contributed by atoms with E-state index in [2.05, 4.69) is 43.6 Å². The number of hydrogen-bond donors (Lipinski definition) is 1. The molecule has 1 aliphatic rings. The highest BCUT2D eigenvalue weighted by molar-refractivity contribution is 6.74. The second-order valence-corrected chi connectivity index (χ2v) is 13.8. The van der Waals surface area contributed by atoms with Crippen LogP contribution < -0.4 is 11.2 Å². The Bertz CT molecular complexity index is 930. The van der Waals surface area contributed by atoms with Gasteiger partial charge in [-0.05, 0) is 32.0 Å². The van der Waals surface area contributed by atoms with E-state index < -0.39 is 49.9 Å². The lowest BCUT2D eigenvalue weighted by molar-refractivity contribution is -0.170. The molecule has 0 aliphatic carbocycles. The second-order valence-electron chi connectivity index (χ2n) is 9.08. The number of carbonyl (C=O) groups excluding carboxylic acids is 2. The lowest BCUT2D eigenvalue weighted by Crippen LogP contribution is -2.46. The van der Waals surface area contributed by atoms with Gasteiger partial charge in [-0.1, -0.05) is 20.8 Å². The summed E-state index contributed by atoms with van der Waals surface area (Å²) in [7, 11) is -2.22. The monoisotopic (exact) mass is 456 g/mol. The van der Waals surface area contributed by atoms with Crippen molar-refractivity contribution in [3.8, 4) is 0 Å². The molecular weight excluding hydrogens is 424 g/mol. The van der Waals surface area contributed by atoms with Gasteiger partial charge in [-0.25, -0.2) is 14.4 Å². The average Bonchev–Trinajstić information content (AvgIpc) is 3.03. The molecule has 0 bridgehead atoms. The molecule has 10 nitrogen and oxygen atoms in total. The van der Waals surface area contributed by atoms with E-state index in [0.717, 1.165) is 0 Å². The SMILES string of the molecule is CCOC(=O)C(=O)OC[C@H]1O[C@@H](n2cc(C)c(=O)[nH]c2=O)C[C@@H]1O[Si](C)(C)C(C)(C)C. The fourth-order valence-corrected chi connectivity index (χ4v) is 4.27. The van der Waals surface area contributed by atoms with Crippen molar-refractivity contribution in [2.45, 2.75) is 77.6 Å². The lowest BCUT2D eigenvalue weighted by atomic mass is 10.2. The summed E-state index contributed by atoms with van der Waals surface area (Å²) >= 11 is 0. The summed E-state index contributed by atoms with van der Waals surface area (Å²) in [6.45, 7) is 13.5. The van der Waals surface area contributed by atoms with Crippen molar-refractivity contribution in [1.29, 1.82) is 0 Å². The number of rotatable bonds is 6. The first kappa shape index (κ1) is 25.0. The molecule has 1 aromatic heterocycles. The van der Waals surface area contributed by atoms with E-state index in [4.69, 9.17) is 13.9 Å². The summed E-state index contributed by atoms with van der Waals surface area (Å²) < 4.78 is 23.5. The van der Waals surface area contributed by atoms with Crippen LogP contribution in [0, 0.1) is 6.92 Å². The van der Waals surface area contributed by atoms with E-state index in [1.54, 1.807) is 13.8 Å². The molecule has 2 heterocycles. The van der Waals surface area contributed by atoms with Gasteiger partial charge in [0, 0.05) is 18.2 Å².